The second-order valence-corrected chi connectivity index (χ2v) is 14.1. The first-order valence-electron chi connectivity index (χ1n) is 18.7. The fourth-order valence-electron chi connectivity index (χ4n) is 8.24. The second-order valence-electron chi connectivity index (χ2n) is 14.1. The highest BCUT2D eigenvalue weighted by Crippen LogP contribution is 2.49. The molecule has 2 aromatic heterocycles. The van der Waals surface area contributed by atoms with Crippen molar-refractivity contribution in [1.82, 2.24) is 0 Å². The summed E-state index contributed by atoms with van der Waals surface area (Å²) in [6.45, 7) is 0. The van der Waals surface area contributed by atoms with Crippen molar-refractivity contribution in [1.29, 1.82) is 0 Å². The molecule has 0 fully saturated rings. The molecule has 0 amide bonds. The van der Waals surface area contributed by atoms with E-state index < -0.39 is 0 Å². The molecule has 3 heteroatoms. The highest BCUT2D eigenvalue weighted by Gasteiger charge is 2.25. The van der Waals surface area contributed by atoms with Gasteiger partial charge in [0.1, 0.15) is 16.7 Å². The van der Waals surface area contributed by atoms with E-state index in [0.717, 1.165) is 99.5 Å². The molecule has 0 aliphatic heterocycles. The van der Waals surface area contributed by atoms with Gasteiger partial charge < -0.3 is 13.7 Å². The van der Waals surface area contributed by atoms with Crippen LogP contribution in [-0.4, -0.2) is 0 Å². The Morgan fingerprint density at radius 1 is 0.291 bits per heavy atom. The molecule has 0 saturated carbocycles. The predicted molar refractivity (Wildman–Crippen MR) is 229 cm³/mol. The monoisotopic (exact) mass is 703 g/mol. The molecule has 0 radical (unpaired) electrons. The zero-order valence-electron chi connectivity index (χ0n) is 29.8. The van der Waals surface area contributed by atoms with Gasteiger partial charge in [-0.2, -0.15) is 0 Å². The van der Waals surface area contributed by atoms with Crippen molar-refractivity contribution >= 4 is 71.7 Å². The minimum Gasteiger partial charge on any atom is -0.455 e. The van der Waals surface area contributed by atoms with E-state index in [1.807, 2.05) is 12.1 Å². The number of nitrogens with zero attached hydrogens (tertiary/aromatic N) is 1. The lowest BCUT2D eigenvalue weighted by molar-refractivity contribution is 0.669. The number of hydrogen-bond donors (Lipinski definition) is 0. The standard InChI is InChI=1S/C52H33NO2/c1-4-15-34(16-5-1)36-27-29-39(30-28-36)53(47-25-14-24-43-41-22-12-13-26-49(41)54-52(43)47)48-33-46-45-32-38(35-17-6-2-7-18-35)31-44(37-19-8-3-9-20-37)51(45)55-50(46)42-23-11-10-21-40(42)48/h1-33H. The maximum Gasteiger partial charge on any atom is 0.159 e. The maximum atomic E-state index is 7.03. The van der Waals surface area contributed by atoms with Crippen molar-refractivity contribution < 1.29 is 8.83 Å². The fourth-order valence-corrected chi connectivity index (χ4v) is 8.24. The van der Waals surface area contributed by atoms with E-state index in [1.165, 1.54) is 5.56 Å². The third-order valence-corrected chi connectivity index (χ3v) is 10.8. The number of para-hydroxylation sites is 2. The summed E-state index contributed by atoms with van der Waals surface area (Å²) in [5.74, 6) is 0. The van der Waals surface area contributed by atoms with Crippen LogP contribution in [-0.2, 0) is 0 Å². The summed E-state index contributed by atoms with van der Waals surface area (Å²) in [6.07, 6.45) is 0. The van der Waals surface area contributed by atoms with Crippen molar-refractivity contribution in [3.05, 3.63) is 200 Å². The van der Waals surface area contributed by atoms with Crippen LogP contribution in [0.2, 0.25) is 0 Å². The van der Waals surface area contributed by atoms with Gasteiger partial charge in [0.05, 0.1) is 11.4 Å². The van der Waals surface area contributed by atoms with Gasteiger partial charge in [0, 0.05) is 43.6 Å². The van der Waals surface area contributed by atoms with Crippen molar-refractivity contribution in [3.63, 3.8) is 0 Å². The van der Waals surface area contributed by atoms with Crippen LogP contribution in [0.5, 0.6) is 0 Å². The van der Waals surface area contributed by atoms with Crippen LogP contribution in [0.3, 0.4) is 0 Å². The summed E-state index contributed by atoms with van der Waals surface area (Å²) < 4.78 is 13.8. The maximum absolute atomic E-state index is 7.03. The average molecular weight is 704 g/mol. The van der Waals surface area contributed by atoms with E-state index in [-0.39, 0.29) is 0 Å². The Labute approximate surface area is 317 Å². The van der Waals surface area contributed by atoms with Gasteiger partial charge in [-0.3, -0.25) is 0 Å². The Hall–Kier alpha value is -7.36. The Morgan fingerprint density at radius 3 is 1.56 bits per heavy atom. The lowest BCUT2D eigenvalue weighted by atomic mass is 9.95. The molecular formula is C52H33NO2. The number of furan rings is 2. The smallest absolute Gasteiger partial charge is 0.159 e. The van der Waals surface area contributed by atoms with Crippen LogP contribution < -0.4 is 4.90 Å². The van der Waals surface area contributed by atoms with E-state index in [0.29, 0.717) is 0 Å². The molecular weight excluding hydrogens is 671 g/mol. The van der Waals surface area contributed by atoms with Gasteiger partial charge in [-0.25, -0.2) is 0 Å². The molecule has 11 rings (SSSR count). The largest absolute Gasteiger partial charge is 0.455 e. The number of anilines is 3. The fraction of sp³-hybridized carbons (Fsp3) is 0. The first-order valence-corrected chi connectivity index (χ1v) is 18.7. The molecule has 0 atom stereocenters. The first kappa shape index (κ1) is 31.2. The normalized spacial score (nSPS) is 11.6. The van der Waals surface area contributed by atoms with E-state index >= 15 is 0 Å². The van der Waals surface area contributed by atoms with E-state index in [4.69, 9.17) is 8.83 Å². The van der Waals surface area contributed by atoms with Crippen molar-refractivity contribution in [2.75, 3.05) is 4.90 Å². The molecule has 0 N–H and O–H groups in total. The van der Waals surface area contributed by atoms with Crippen LogP contribution in [0.1, 0.15) is 0 Å². The summed E-state index contributed by atoms with van der Waals surface area (Å²) in [4.78, 5) is 2.36. The van der Waals surface area contributed by atoms with Crippen molar-refractivity contribution in [3.8, 4) is 33.4 Å². The first-order chi connectivity index (χ1) is 27.3. The van der Waals surface area contributed by atoms with Gasteiger partial charge in [0.2, 0.25) is 0 Å². The number of benzene rings is 9. The van der Waals surface area contributed by atoms with Gasteiger partial charge in [0.25, 0.3) is 0 Å². The van der Waals surface area contributed by atoms with Crippen LogP contribution in [0.25, 0.3) is 88.0 Å². The molecule has 2 heterocycles. The number of fused-ring (bicyclic) bond motifs is 8. The van der Waals surface area contributed by atoms with Crippen molar-refractivity contribution in [2.45, 2.75) is 0 Å². The lowest BCUT2D eigenvalue weighted by Crippen LogP contribution is -2.11. The van der Waals surface area contributed by atoms with Crippen molar-refractivity contribution in [2.24, 2.45) is 0 Å². The Morgan fingerprint density at radius 2 is 0.836 bits per heavy atom. The minimum atomic E-state index is 0.842. The molecule has 258 valence electrons. The average Bonchev–Trinajstić information content (AvgIpc) is 3.84. The van der Waals surface area contributed by atoms with Gasteiger partial charge in [-0.05, 0) is 70.3 Å². The van der Waals surface area contributed by atoms with Gasteiger partial charge in [-0.1, -0.05) is 158 Å². The molecule has 0 bridgehead atoms. The van der Waals surface area contributed by atoms with Crippen LogP contribution in [0, 0.1) is 0 Å². The second kappa shape index (κ2) is 12.6. The summed E-state index contributed by atoms with van der Waals surface area (Å²) in [7, 11) is 0. The summed E-state index contributed by atoms with van der Waals surface area (Å²) in [6, 6.07) is 70.8. The Balaban J connectivity index is 1.23. The van der Waals surface area contributed by atoms with Crippen LogP contribution in [0.15, 0.2) is 209 Å². The van der Waals surface area contributed by atoms with Gasteiger partial charge in [-0.15, -0.1) is 0 Å². The molecule has 11 aromatic rings. The SMILES string of the molecule is c1ccc(-c2ccc(N(c3cc4c5cc(-c6ccccc6)cc(-c6ccccc6)c5oc4c4ccccc34)c3cccc4c3oc3ccccc34)cc2)cc1. The molecule has 0 aliphatic carbocycles. The third-order valence-electron chi connectivity index (χ3n) is 10.8. The summed E-state index contributed by atoms with van der Waals surface area (Å²) in [5.41, 5.74) is 13.3. The Bertz CT molecular complexity index is 3180. The molecule has 0 unspecified atom stereocenters. The van der Waals surface area contributed by atoms with E-state index in [1.54, 1.807) is 0 Å². The number of hydrogen-bond acceptors (Lipinski definition) is 3. The molecule has 55 heavy (non-hydrogen) atoms. The highest BCUT2D eigenvalue weighted by atomic mass is 16.3. The zero-order valence-corrected chi connectivity index (χ0v) is 29.8. The summed E-state index contributed by atoms with van der Waals surface area (Å²) in [5, 5.41) is 6.44. The van der Waals surface area contributed by atoms with Crippen LogP contribution >= 0.6 is 0 Å². The number of rotatable bonds is 6. The topological polar surface area (TPSA) is 29.5 Å². The highest BCUT2D eigenvalue weighted by molar-refractivity contribution is 6.22. The molecule has 0 saturated heterocycles. The molecule has 0 aliphatic rings. The van der Waals surface area contributed by atoms with Crippen LogP contribution in [0.4, 0.5) is 17.1 Å². The molecule has 3 nitrogen and oxygen atoms in total. The lowest BCUT2D eigenvalue weighted by Gasteiger charge is -2.27. The van der Waals surface area contributed by atoms with Gasteiger partial charge >= 0.3 is 0 Å². The zero-order chi connectivity index (χ0) is 36.3. The quantitative estimate of drug-likeness (QED) is 0.173. The van der Waals surface area contributed by atoms with E-state index in [9.17, 15) is 0 Å². The van der Waals surface area contributed by atoms with Gasteiger partial charge in [0.15, 0.2) is 5.58 Å². The molecule has 0 spiro atoms. The Kier molecular flexibility index (Phi) is 7.17. The minimum absolute atomic E-state index is 0.842. The predicted octanol–water partition coefficient (Wildman–Crippen LogP) is 15.1. The van der Waals surface area contributed by atoms with E-state index in [2.05, 4.69) is 193 Å². The third kappa shape index (κ3) is 5.13. The summed E-state index contributed by atoms with van der Waals surface area (Å²) >= 11 is 0. The molecule has 9 aromatic carbocycles.